The number of nitrogens with zero attached hydrogens (tertiary/aromatic N) is 1. The van der Waals surface area contributed by atoms with E-state index >= 15 is 0 Å². The first-order valence-corrected chi connectivity index (χ1v) is 8.57. The van der Waals surface area contributed by atoms with Gasteiger partial charge in [-0.2, -0.15) is 0 Å². The van der Waals surface area contributed by atoms with Crippen LogP contribution in [0.2, 0.25) is 0 Å². The third-order valence-electron chi connectivity index (χ3n) is 3.48. The van der Waals surface area contributed by atoms with Crippen molar-refractivity contribution in [3.8, 4) is 0 Å². The maximum atomic E-state index is 4.70. The molecule has 2 heterocycles. The largest absolute Gasteiger partial charge is 0.357 e. The molecule has 0 aliphatic carbocycles. The molecule has 4 heteroatoms. The molecule has 1 aromatic heterocycles. The first-order chi connectivity index (χ1) is 9.72. The number of benzene rings is 1. The Morgan fingerprint density at radius 2 is 2.05 bits per heavy atom. The van der Waals surface area contributed by atoms with E-state index in [-0.39, 0.29) is 0 Å². The zero-order valence-electron chi connectivity index (χ0n) is 11.7. The number of hydrogen-bond donors (Lipinski definition) is 1. The van der Waals surface area contributed by atoms with Gasteiger partial charge in [-0.3, -0.25) is 4.99 Å². The van der Waals surface area contributed by atoms with E-state index in [2.05, 4.69) is 55.6 Å². The molecule has 0 bridgehead atoms. The molecule has 1 atom stereocenters. The standard InChI is InChI=1S/C16H18N2S2/c1-11-8-14(20-12(11)2)9-17-16-18-15(10-19-16)13-6-4-3-5-7-13/h3-8,15H,9-10H2,1-2H3,(H,17,18). The third-order valence-corrected chi connectivity index (χ3v) is 5.64. The number of nitrogens with one attached hydrogen (secondary N) is 1. The van der Waals surface area contributed by atoms with E-state index in [1.54, 1.807) is 0 Å². The van der Waals surface area contributed by atoms with Gasteiger partial charge in [-0.25, -0.2) is 0 Å². The minimum Gasteiger partial charge on any atom is -0.357 e. The molecule has 0 saturated carbocycles. The van der Waals surface area contributed by atoms with Crippen LogP contribution in [0.3, 0.4) is 0 Å². The molecule has 2 nitrogen and oxygen atoms in total. The molecule has 1 N–H and O–H groups in total. The monoisotopic (exact) mass is 302 g/mol. The lowest BCUT2D eigenvalue weighted by Gasteiger charge is -2.09. The van der Waals surface area contributed by atoms with Crippen molar-refractivity contribution in [2.45, 2.75) is 26.4 Å². The van der Waals surface area contributed by atoms with E-state index in [0.717, 1.165) is 17.5 Å². The minimum atomic E-state index is 0.395. The number of aryl methyl sites for hydroxylation is 2. The van der Waals surface area contributed by atoms with Gasteiger partial charge >= 0.3 is 0 Å². The Bertz CT molecular complexity index is 597. The van der Waals surface area contributed by atoms with Crippen molar-refractivity contribution in [1.82, 2.24) is 5.32 Å². The van der Waals surface area contributed by atoms with E-state index in [9.17, 15) is 0 Å². The molecular formula is C16H18N2S2. The fraction of sp³-hybridized carbons (Fsp3) is 0.312. The summed E-state index contributed by atoms with van der Waals surface area (Å²) < 4.78 is 0. The van der Waals surface area contributed by atoms with Crippen LogP contribution in [-0.4, -0.2) is 10.9 Å². The molecule has 1 aliphatic rings. The van der Waals surface area contributed by atoms with E-state index < -0.39 is 0 Å². The number of amidine groups is 1. The van der Waals surface area contributed by atoms with Gasteiger partial charge in [-0.05, 0) is 31.0 Å². The molecule has 1 aliphatic heterocycles. The number of thiophene rings is 1. The number of hydrogen-bond acceptors (Lipinski definition) is 3. The van der Waals surface area contributed by atoms with Crippen LogP contribution in [0, 0.1) is 13.8 Å². The molecule has 0 spiro atoms. The summed E-state index contributed by atoms with van der Waals surface area (Å²) in [7, 11) is 0. The highest BCUT2D eigenvalue weighted by molar-refractivity contribution is 8.14. The predicted octanol–water partition coefficient (Wildman–Crippen LogP) is 4.30. The summed E-state index contributed by atoms with van der Waals surface area (Å²) in [5.74, 6) is 1.06. The van der Waals surface area contributed by atoms with Crippen molar-refractivity contribution in [3.63, 3.8) is 0 Å². The lowest BCUT2D eigenvalue weighted by Crippen LogP contribution is -2.19. The normalized spacial score (nSPS) is 20.3. The van der Waals surface area contributed by atoms with E-state index in [4.69, 9.17) is 4.99 Å². The molecule has 0 amide bonds. The van der Waals surface area contributed by atoms with Crippen molar-refractivity contribution in [3.05, 3.63) is 57.3 Å². The first-order valence-electron chi connectivity index (χ1n) is 6.77. The summed E-state index contributed by atoms with van der Waals surface area (Å²) in [6.07, 6.45) is 0. The van der Waals surface area contributed by atoms with Gasteiger partial charge in [-0.15, -0.1) is 11.3 Å². The van der Waals surface area contributed by atoms with Gasteiger partial charge in [0.15, 0.2) is 5.17 Å². The molecule has 3 rings (SSSR count). The number of aliphatic imine (C=N–C) groups is 1. The second-order valence-electron chi connectivity index (χ2n) is 4.99. The summed E-state index contributed by atoms with van der Waals surface area (Å²) in [5, 5.41) is 4.59. The molecule has 1 saturated heterocycles. The Balaban J connectivity index is 1.63. The van der Waals surface area contributed by atoms with Crippen molar-refractivity contribution in [1.29, 1.82) is 0 Å². The average molecular weight is 302 g/mol. The maximum Gasteiger partial charge on any atom is 0.157 e. The minimum absolute atomic E-state index is 0.395. The lowest BCUT2D eigenvalue weighted by molar-refractivity contribution is 0.749. The van der Waals surface area contributed by atoms with E-state index in [1.165, 1.54) is 20.9 Å². The predicted molar refractivity (Wildman–Crippen MR) is 89.7 cm³/mol. The fourth-order valence-corrected chi connectivity index (χ4v) is 4.19. The Morgan fingerprint density at radius 1 is 1.25 bits per heavy atom. The topological polar surface area (TPSA) is 24.4 Å². The highest BCUT2D eigenvalue weighted by Gasteiger charge is 2.21. The van der Waals surface area contributed by atoms with Crippen molar-refractivity contribution in [2.75, 3.05) is 5.75 Å². The quantitative estimate of drug-likeness (QED) is 0.914. The van der Waals surface area contributed by atoms with Gasteiger partial charge in [0.25, 0.3) is 0 Å². The van der Waals surface area contributed by atoms with Crippen LogP contribution in [-0.2, 0) is 6.54 Å². The third kappa shape index (κ3) is 3.07. The highest BCUT2D eigenvalue weighted by Crippen LogP contribution is 2.27. The summed E-state index contributed by atoms with van der Waals surface area (Å²) in [5.41, 5.74) is 2.72. The Morgan fingerprint density at radius 3 is 2.75 bits per heavy atom. The van der Waals surface area contributed by atoms with Crippen LogP contribution >= 0.6 is 23.1 Å². The fourth-order valence-electron chi connectivity index (χ4n) is 2.23. The molecule has 1 fully saturated rings. The summed E-state index contributed by atoms with van der Waals surface area (Å²) >= 11 is 3.67. The average Bonchev–Trinajstić information content (AvgIpc) is 3.05. The van der Waals surface area contributed by atoms with Crippen LogP contribution in [0.1, 0.15) is 26.9 Å². The van der Waals surface area contributed by atoms with Gasteiger partial charge in [0.2, 0.25) is 0 Å². The molecular weight excluding hydrogens is 284 g/mol. The van der Waals surface area contributed by atoms with Crippen LogP contribution in [0.25, 0.3) is 0 Å². The van der Waals surface area contributed by atoms with Gasteiger partial charge in [0.1, 0.15) is 0 Å². The Hall–Kier alpha value is -1.26. The molecule has 104 valence electrons. The maximum absolute atomic E-state index is 4.70. The smallest absolute Gasteiger partial charge is 0.157 e. The summed E-state index contributed by atoms with van der Waals surface area (Å²) in [4.78, 5) is 7.45. The van der Waals surface area contributed by atoms with Crippen LogP contribution < -0.4 is 5.32 Å². The summed E-state index contributed by atoms with van der Waals surface area (Å²) in [6, 6.07) is 13.2. The first kappa shape index (κ1) is 13.7. The van der Waals surface area contributed by atoms with Gasteiger partial charge in [0, 0.05) is 15.5 Å². The summed E-state index contributed by atoms with van der Waals surface area (Å²) in [6.45, 7) is 5.12. The molecule has 1 unspecified atom stereocenters. The molecule has 0 radical (unpaired) electrons. The zero-order chi connectivity index (χ0) is 13.9. The van der Waals surface area contributed by atoms with Crippen LogP contribution in [0.15, 0.2) is 41.4 Å². The molecule has 1 aromatic carbocycles. The Labute approximate surface area is 128 Å². The van der Waals surface area contributed by atoms with Gasteiger partial charge in [-0.1, -0.05) is 42.1 Å². The van der Waals surface area contributed by atoms with E-state index in [1.807, 2.05) is 23.1 Å². The van der Waals surface area contributed by atoms with Crippen molar-refractivity contribution < 1.29 is 0 Å². The van der Waals surface area contributed by atoms with Crippen LogP contribution in [0.5, 0.6) is 0 Å². The van der Waals surface area contributed by atoms with Crippen LogP contribution in [0.4, 0.5) is 0 Å². The molecule has 2 aromatic rings. The zero-order valence-corrected chi connectivity index (χ0v) is 13.4. The van der Waals surface area contributed by atoms with Gasteiger partial charge in [0.05, 0.1) is 12.6 Å². The number of rotatable bonds is 3. The van der Waals surface area contributed by atoms with Crippen molar-refractivity contribution >= 4 is 28.3 Å². The van der Waals surface area contributed by atoms with Gasteiger partial charge < -0.3 is 5.32 Å². The van der Waals surface area contributed by atoms with Crippen molar-refractivity contribution in [2.24, 2.45) is 4.99 Å². The van der Waals surface area contributed by atoms with E-state index in [0.29, 0.717) is 6.04 Å². The lowest BCUT2D eigenvalue weighted by atomic mass is 10.1. The SMILES string of the molecule is Cc1cc(CN=C2NC(c3ccccc3)CS2)sc1C. The number of thioether (sulfide) groups is 1. The Kier molecular flexibility index (Phi) is 4.13. The highest BCUT2D eigenvalue weighted by atomic mass is 32.2. The second kappa shape index (κ2) is 6.02. The second-order valence-corrected chi connectivity index (χ2v) is 7.34. The molecule has 20 heavy (non-hydrogen) atoms.